The van der Waals surface area contributed by atoms with E-state index in [0.29, 0.717) is 6.61 Å². The zero-order valence-electron chi connectivity index (χ0n) is 14.0. The van der Waals surface area contributed by atoms with Crippen LogP contribution >= 0.6 is 0 Å². The summed E-state index contributed by atoms with van der Waals surface area (Å²) in [4.78, 5) is 12.5. The summed E-state index contributed by atoms with van der Waals surface area (Å²) in [7, 11) is 0. The van der Waals surface area contributed by atoms with Crippen LogP contribution in [0.3, 0.4) is 0 Å². The summed E-state index contributed by atoms with van der Waals surface area (Å²) in [6.45, 7) is 3.08. The standard InChI is InChI=1S/C20H23NO3/c1-13(24-12-16-5-3-11-23-16)20(22)21-18-10-9-15-8-7-14-4-2-6-17(18)19(14)15/h2,4,6,9-10,13,16H,3,5,7-8,11-12H2,1H3,(H,21,22)/t13-,16-/m0/s1. The Kier molecular flexibility index (Phi) is 4.25. The molecule has 2 atom stereocenters. The van der Waals surface area contributed by atoms with Crippen molar-refractivity contribution in [2.75, 3.05) is 18.5 Å². The Bertz CT molecular complexity index is 755. The van der Waals surface area contributed by atoms with Gasteiger partial charge in [-0.15, -0.1) is 0 Å². The van der Waals surface area contributed by atoms with Crippen molar-refractivity contribution >= 4 is 22.4 Å². The Labute approximate surface area is 142 Å². The van der Waals surface area contributed by atoms with Crippen molar-refractivity contribution in [2.24, 2.45) is 0 Å². The van der Waals surface area contributed by atoms with Gasteiger partial charge in [0.05, 0.1) is 12.7 Å². The third-order valence-electron chi connectivity index (χ3n) is 5.06. The van der Waals surface area contributed by atoms with E-state index in [4.69, 9.17) is 9.47 Å². The van der Waals surface area contributed by atoms with Crippen LogP contribution in [-0.2, 0) is 27.1 Å². The minimum Gasteiger partial charge on any atom is -0.376 e. The van der Waals surface area contributed by atoms with Gasteiger partial charge in [-0.25, -0.2) is 0 Å². The molecule has 1 aliphatic carbocycles. The first kappa shape index (κ1) is 15.6. The molecule has 1 saturated heterocycles. The second-order valence-electron chi connectivity index (χ2n) is 6.71. The molecule has 0 unspecified atom stereocenters. The van der Waals surface area contributed by atoms with Crippen LogP contribution < -0.4 is 5.32 Å². The highest BCUT2D eigenvalue weighted by Crippen LogP contribution is 2.35. The highest BCUT2D eigenvalue weighted by molar-refractivity contribution is 6.05. The summed E-state index contributed by atoms with van der Waals surface area (Å²) in [6.07, 6.45) is 3.92. The molecule has 0 saturated carbocycles. The molecular weight excluding hydrogens is 302 g/mol. The van der Waals surface area contributed by atoms with Gasteiger partial charge < -0.3 is 14.8 Å². The molecule has 1 heterocycles. The third-order valence-corrected chi connectivity index (χ3v) is 5.06. The SMILES string of the molecule is C[C@H](OC[C@@H]1CCCO1)C(=O)Nc1ccc2c3c(cccc13)CC2. The molecule has 4 heteroatoms. The normalized spacial score (nSPS) is 20.5. The molecule has 2 aromatic carbocycles. The topological polar surface area (TPSA) is 47.6 Å². The number of amides is 1. The van der Waals surface area contributed by atoms with Crippen LogP contribution in [0.2, 0.25) is 0 Å². The molecule has 1 fully saturated rings. The number of benzene rings is 2. The number of aryl methyl sites for hydroxylation is 2. The Morgan fingerprint density at radius 2 is 2.12 bits per heavy atom. The molecule has 1 amide bonds. The highest BCUT2D eigenvalue weighted by Gasteiger charge is 2.21. The van der Waals surface area contributed by atoms with E-state index in [0.717, 1.165) is 43.4 Å². The molecule has 0 aromatic heterocycles. The van der Waals surface area contributed by atoms with E-state index in [-0.39, 0.29) is 12.0 Å². The fourth-order valence-corrected chi connectivity index (χ4v) is 3.69. The highest BCUT2D eigenvalue weighted by atomic mass is 16.5. The second kappa shape index (κ2) is 6.54. The van der Waals surface area contributed by atoms with Crippen molar-refractivity contribution in [3.63, 3.8) is 0 Å². The molecule has 0 spiro atoms. The maximum absolute atomic E-state index is 12.5. The lowest BCUT2D eigenvalue weighted by Crippen LogP contribution is -2.30. The van der Waals surface area contributed by atoms with Crippen LogP contribution in [-0.4, -0.2) is 31.3 Å². The molecule has 4 rings (SSSR count). The number of hydrogen-bond donors (Lipinski definition) is 1. The molecule has 1 aliphatic heterocycles. The number of carbonyl (C=O) groups is 1. The first-order valence-corrected chi connectivity index (χ1v) is 8.80. The fraction of sp³-hybridized carbons (Fsp3) is 0.450. The number of hydrogen-bond acceptors (Lipinski definition) is 3. The third kappa shape index (κ3) is 2.92. The van der Waals surface area contributed by atoms with Gasteiger partial charge in [0.25, 0.3) is 5.91 Å². The van der Waals surface area contributed by atoms with E-state index < -0.39 is 6.10 Å². The minimum absolute atomic E-state index is 0.105. The smallest absolute Gasteiger partial charge is 0.253 e. The first-order valence-electron chi connectivity index (χ1n) is 8.80. The molecule has 1 N–H and O–H groups in total. The lowest BCUT2D eigenvalue weighted by Gasteiger charge is -2.17. The fourth-order valence-electron chi connectivity index (χ4n) is 3.69. The summed E-state index contributed by atoms with van der Waals surface area (Å²) in [6, 6.07) is 10.5. The zero-order valence-corrected chi connectivity index (χ0v) is 14.0. The number of rotatable bonds is 5. The van der Waals surface area contributed by atoms with Gasteiger partial charge in [0.15, 0.2) is 0 Å². The van der Waals surface area contributed by atoms with Crippen molar-refractivity contribution in [3.05, 3.63) is 41.5 Å². The maximum atomic E-state index is 12.5. The van der Waals surface area contributed by atoms with Crippen LogP contribution in [0.1, 0.15) is 30.9 Å². The average molecular weight is 325 g/mol. The number of anilines is 1. The van der Waals surface area contributed by atoms with Gasteiger partial charge in [-0.2, -0.15) is 0 Å². The van der Waals surface area contributed by atoms with Gasteiger partial charge >= 0.3 is 0 Å². The predicted octanol–water partition coefficient (Wildman–Crippen LogP) is 3.46. The summed E-state index contributed by atoms with van der Waals surface area (Å²) in [5.41, 5.74) is 3.62. The van der Waals surface area contributed by atoms with Crippen LogP contribution in [0, 0.1) is 0 Å². The molecule has 4 nitrogen and oxygen atoms in total. The first-order chi connectivity index (χ1) is 11.7. The monoisotopic (exact) mass is 325 g/mol. The number of nitrogens with one attached hydrogen (secondary N) is 1. The van der Waals surface area contributed by atoms with Crippen LogP contribution in [0.15, 0.2) is 30.3 Å². The van der Waals surface area contributed by atoms with Crippen molar-refractivity contribution < 1.29 is 14.3 Å². The molecule has 2 aliphatic rings. The van der Waals surface area contributed by atoms with Crippen molar-refractivity contribution in [2.45, 2.75) is 44.8 Å². The Balaban J connectivity index is 1.47. The van der Waals surface area contributed by atoms with E-state index in [1.165, 1.54) is 16.5 Å². The van der Waals surface area contributed by atoms with Crippen LogP contribution in [0.5, 0.6) is 0 Å². The molecule has 24 heavy (non-hydrogen) atoms. The summed E-state index contributed by atoms with van der Waals surface area (Å²) >= 11 is 0. The van der Waals surface area contributed by atoms with Crippen molar-refractivity contribution in [3.8, 4) is 0 Å². The average Bonchev–Trinajstić information content (AvgIpc) is 3.26. The van der Waals surface area contributed by atoms with E-state index in [1.54, 1.807) is 6.92 Å². The number of ether oxygens (including phenoxy) is 2. The molecular formula is C20H23NO3. The van der Waals surface area contributed by atoms with E-state index >= 15 is 0 Å². The van der Waals surface area contributed by atoms with E-state index in [2.05, 4.69) is 29.6 Å². The van der Waals surface area contributed by atoms with Gasteiger partial charge in [0.2, 0.25) is 0 Å². The summed E-state index contributed by atoms with van der Waals surface area (Å²) < 4.78 is 11.2. The van der Waals surface area contributed by atoms with Gasteiger partial charge in [-0.1, -0.05) is 24.3 Å². The maximum Gasteiger partial charge on any atom is 0.253 e. The van der Waals surface area contributed by atoms with Crippen molar-refractivity contribution in [1.82, 2.24) is 0 Å². The Hall–Kier alpha value is -1.91. The lowest BCUT2D eigenvalue weighted by atomic mass is 10.0. The quantitative estimate of drug-likeness (QED) is 0.916. The zero-order chi connectivity index (χ0) is 16.5. The molecule has 126 valence electrons. The number of carbonyl (C=O) groups excluding carboxylic acids is 1. The summed E-state index contributed by atoms with van der Waals surface area (Å²) in [5.74, 6) is -0.105. The minimum atomic E-state index is -0.489. The van der Waals surface area contributed by atoms with Gasteiger partial charge in [0, 0.05) is 17.7 Å². The largest absolute Gasteiger partial charge is 0.376 e. The summed E-state index contributed by atoms with van der Waals surface area (Å²) in [5, 5.41) is 5.47. The van der Waals surface area contributed by atoms with Crippen LogP contribution in [0.25, 0.3) is 10.8 Å². The Morgan fingerprint density at radius 1 is 1.29 bits per heavy atom. The van der Waals surface area contributed by atoms with Crippen LogP contribution in [0.4, 0.5) is 5.69 Å². The Morgan fingerprint density at radius 3 is 2.92 bits per heavy atom. The lowest BCUT2D eigenvalue weighted by molar-refractivity contribution is -0.128. The van der Waals surface area contributed by atoms with E-state index in [9.17, 15) is 4.79 Å². The van der Waals surface area contributed by atoms with Gasteiger partial charge in [0.1, 0.15) is 6.10 Å². The van der Waals surface area contributed by atoms with E-state index in [1.807, 2.05) is 6.07 Å². The predicted molar refractivity (Wildman–Crippen MR) is 94.4 cm³/mol. The van der Waals surface area contributed by atoms with Gasteiger partial charge in [-0.3, -0.25) is 4.79 Å². The van der Waals surface area contributed by atoms with Crippen molar-refractivity contribution in [1.29, 1.82) is 0 Å². The second-order valence-corrected chi connectivity index (χ2v) is 6.71. The molecule has 0 bridgehead atoms. The molecule has 2 aromatic rings. The molecule has 0 radical (unpaired) electrons. The van der Waals surface area contributed by atoms with Gasteiger partial charge in [-0.05, 0) is 55.2 Å².